The lowest BCUT2D eigenvalue weighted by atomic mass is 10.2. The van der Waals surface area contributed by atoms with Gasteiger partial charge in [0, 0.05) is 6.07 Å². The number of hydrogen-bond donors (Lipinski definition) is 0. The van der Waals surface area contributed by atoms with E-state index in [4.69, 9.17) is 4.74 Å². The second kappa shape index (κ2) is 7.51. The summed E-state index contributed by atoms with van der Waals surface area (Å²) in [5.74, 6) is 0.423. The maximum Gasteiger partial charge on any atom is 0.342 e. The third-order valence-corrected chi connectivity index (χ3v) is 4.19. The van der Waals surface area contributed by atoms with E-state index in [-0.39, 0.29) is 17.9 Å². The highest BCUT2D eigenvalue weighted by Crippen LogP contribution is 2.21. The van der Waals surface area contributed by atoms with E-state index in [1.54, 1.807) is 18.3 Å². The topological polar surface area (TPSA) is 46.9 Å². The summed E-state index contributed by atoms with van der Waals surface area (Å²) >= 11 is 0. The molecule has 0 atom stereocenters. The van der Waals surface area contributed by atoms with Gasteiger partial charge in [0.25, 0.3) is 5.82 Å². The van der Waals surface area contributed by atoms with Gasteiger partial charge in [-0.2, -0.15) is 0 Å². The second-order valence-corrected chi connectivity index (χ2v) is 6.34. The summed E-state index contributed by atoms with van der Waals surface area (Å²) in [4.78, 5) is 19.3. The molecular formula is C19H23FN3O2+. The Kier molecular flexibility index (Phi) is 5.16. The van der Waals surface area contributed by atoms with Gasteiger partial charge in [-0.05, 0) is 32.0 Å². The van der Waals surface area contributed by atoms with E-state index in [0.29, 0.717) is 11.3 Å². The van der Waals surface area contributed by atoms with Crippen LogP contribution in [-0.2, 0) is 4.74 Å². The molecule has 1 N–H and O–H groups in total. The Hall–Kier alpha value is -2.63. The predicted molar refractivity (Wildman–Crippen MR) is 94.4 cm³/mol. The fourth-order valence-electron chi connectivity index (χ4n) is 2.92. The second-order valence-electron chi connectivity index (χ2n) is 6.34. The van der Waals surface area contributed by atoms with Crippen LogP contribution in [0.2, 0.25) is 0 Å². The lowest BCUT2D eigenvalue weighted by molar-refractivity contribution is -0.364. The Morgan fingerprint density at radius 3 is 2.36 bits per heavy atom. The number of halogens is 1. The maximum atomic E-state index is 13.9. The standard InChI is InChI=1S/C19H22FN3O2/c1-14(2)25-19(24)15-7-8-18(21-13-15)23-11-9-22(10-12-23)17-6-4-3-5-16(17)20/h3-8,13-14H,9-12H2,1-2H3/p+1. The normalized spacial score (nSPS) is 14.7. The van der Waals surface area contributed by atoms with Gasteiger partial charge in [0.2, 0.25) is 0 Å². The predicted octanol–water partition coefficient (Wildman–Crippen LogP) is 2.53. The van der Waals surface area contributed by atoms with E-state index in [1.807, 2.05) is 32.0 Å². The van der Waals surface area contributed by atoms with Crippen LogP contribution in [0.5, 0.6) is 0 Å². The highest BCUT2D eigenvalue weighted by Gasteiger charge is 2.25. The molecule has 6 heteroatoms. The fourth-order valence-corrected chi connectivity index (χ4v) is 2.92. The number of carbonyl (C=O) groups excluding carboxylic acids is 1. The van der Waals surface area contributed by atoms with E-state index >= 15 is 0 Å². The summed E-state index contributed by atoms with van der Waals surface area (Å²) in [6.45, 7) is 6.69. The van der Waals surface area contributed by atoms with Crippen LogP contribution in [0.4, 0.5) is 15.9 Å². The summed E-state index contributed by atoms with van der Waals surface area (Å²) in [6.07, 6.45) is 1.53. The van der Waals surface area contributed by atoms with Crippen molar-refractivity contribution in [2.45, 2.75) is 20.0 Å². The molecule has 132 valence electrons. The van der Waals surface area contributed by atoms with Crippen LogP contribution in [0, 0.1) is 5.82 Å². The van der Waals surface area contributed by atoms with Gasteiger partial charge in [0.1, 0.15) is 25.1 Å². The van der Waals surface area contributed by atoms with Crippen molar-refractivity contribution in [3.05, 3.63) is 54.0 Å². The summed E-state index contributed by atoms with van der Waals surface area (Å²) in [6, 6.07) is 10.5. The molecule has 5 nitrogen and oxygen atoms in total. The van der Waals surface area contributed by atoms with E-state index in [9.17, 15) is 9.18 Å². The molecule has 2 aromatic rings. The Bertz CT molecular complexity index is 726. The molecule has 1 aliphatic heterocycles. The minimum absolute atomic E-state index is 0.140. The van der Waals surface area contributed by atoms with Gasteiger partial charge in [-0.1, -0.05) is 12.1 Å². The number of para-hydroxylation sites is 1. The maximum absolute atomic E-state index is 13.9. The molecule has 0 amide bonds. The first kappa shape index (κ1) is 17.2. The number of rotatable bonds is 4. The molecule has 1 aromatic carbocycles. The van der Waals surface area contributed by atoms with Crippen LogP contribution in [-0.4, -0.2) is 38.3 Å². The Morgan fingerprint density at radius 1 is 1.08 bits per heavy atom. The largest absolute Gasteiger partial charge is 0.459 e. The van der Waals surface area contributed by atoms with Crippen LogP contribution in [0.15, 0.2) is 42.6 Å². The van der Waals surface area contributed by atoms with E-state index in [2.05, 4.69) is 14.8 Å². The van der Waals surface area contributed by atoms with Gasteiger partial charge >= 0.3 is 5.97 Å². The number of benzene rings is 1. The van der Waals surface area contributed by atoms with Crippen LogP contribution >= 0.6 is 0 Å². The Labute approximate surface area is 147 Å². The Morgan fingerprint density at radius 2 is 1.76 bits per heavy atom. The minimum Gasteiger partial charge on any atom is -0.459 e. The summed E-state index contributed by atoms with van der Waals surface area (Å²) < 4.78 is 19.1. The van der Waals surface area contributed by atoms with Crippen molar-refractivity contribution >= 4 is 17.5 Å². The molecule has 0 aliphatic carbocycles. The first-order chi connectivity index (χ1) is 12.0. The molecule has 1 saturated heterocycles. The number of ether oxygens (including phenoxy) is 1. The van der Waals surface area contributed by atoms with Crippen LogP contribution in [0.3, 0.4) is 0 Å². The number of pyridine rings is 1. The van der Waals surface area contributed by atoms with E-state index in [0.717, 1.165) is 32.0 Å². The summed E-state index contributed by atoms with van der Waals surface area (Å²) in [5.41, 5.74) is 1.15. The van der Waals surface area contributed by atoms with Crippen LogP contribution in [0.25, 0.3) is 0 Å². The molecule has 1 aromatic heterocycles. The Balaban J connectivity index is 1.61. The minimum atomic E-state index is -0.331. The van der Waals surface area contributed by atoms with Gasteiger partial charge in [-0.15, -0.1) is 0 Å². The van der Waals surface area contributed by atoms with Crippen molar-refractivity contribution < 1.29 is 18.9 Å². The lowest BCUT2D eigenvalue weighted by Crippen LogP contribution is -2.48. The van der Waals surface area contributed by atoms with Gasteiger partial charge in [-0.25, -0.2) is 14.2 Å². The number of aromatic nitrogens is 1. The molecule has 1 fully saturated rings. The number of aromatic amines is 1. The molecule has 0 saturated carbocycles. The van der Waals surface area contributed by atoms with E-state index in [1.165, 1.54) is 6.07 Å². The van der Waals surface area contributed by atoms with E-state index < -0.39 is 0 Å². The number of hydrogen-bond acceptors (Lipinski definition) is 4. The van der Waals surface area contributed by atoms with Crippen molar-refractivity contribution in [3.63, 3.8) is 0 Å². The van der Waals surface area contributed by atoms with Crippen molar-refractivity contribution in [2.24, 2.45) is 0 Å². The molecule has 1 aliphatic rings. The quantitative estimate of drug-likeness (QED) is 0.800. The lowest BCUT2D eigenvalue weighted by Gasteiger charge is -2.32. The molecule has 3 rings (SSSR count). The number of anilines is 2. The smallest absolute Gasteiger partial charge is 0.342 e. The first-order valence-electron chi connectivity index (χ1n) is 8.52. The van der Waals surface area contributed by atoms with Gasteiger partial charge < -0.3 is 9.64 Å². The molecule has 0 bridgehead atoms. The third kappa shape index (κ3) is 4.07. The monoisotopic (exact) mass is 344 g/mol. The number of H-pyrrole nitrogens is 1. The van der Waals surface area contributed by atoms with Crippen molar-refractivity contribution in [2.75, 3.05) is 36.0 Å². The van der Waals surface area contributed by atoms with Gasteiger partial charge in [-0.3, -0.25) is 4.90 Å². The average Bonchev–Trinajstić information content (AvgIpc) is 2.62. The average molecular weight is 344 g/mol. The molecular weight excluding hydrogens is 321 g/mol. The number of piperazine rings is 1. The fraction of sp³-hybridized carbons (Fsp3) is 0.368. The molecule has 0 radical (unpaired) electrons. The highest BCUT2D eigenvalue weighted by atomic mass is 19.1. The highest BCUT2D eigenvalue weighted by molar-refractivity contribution is 5.88. The molecule has 0 unspecified atom stereocenters. The first-order valence-corrected chi connectivity index (χ1v) is 8.52. The zero-order chi connectivity index (χ0) is 17.8. The van der Waals surface area contributed by atoms with Gasteiger partial charge in [0.05, 0.1) is 30.4 Å². The van der Waals surface area contributed by atoms with Crippen LogP contribution in [0.1, 0.15) is 24.2 Å². The van der Waals surface area contributed by atoms with Crippen molar-refractivity contribution in [3.8, 4) is 0 Å². The number of nitrogens with one attached hydrogen (secondary N) is 1. The zero-order valence-corrected chi connectivity index (χ0v) is 14.5. The SMILES string of the molecule is CC(C)OC(=O)c1ccc(N2CCN(c3ccccc3F)CC2)[nH+]c1. The number of carbonyl (C=O) groups is 1. The molecule has 0 spiro atoms. The van der Waals surface area contributed by atoms with Crippen molar-refractivity contribution in [1.82, 2.24) is 0 Å². The molecule has 2 heterocycles. The number of nitrogens with zero attached hydrogens (tertiary/aromatic N) is 2. The summed E-state index contributed by atoms with van der Waals surface area (Å²) in [7, 11) is 0. The third-order valence-electron chi connectivity index (χ3n) is 4.19. The number of esters is 1. The zero-order valence-electron chi connectivity index (χ0n) is 14.5. The molecule has 25 heavy (non-hydrogen) atoms. The van der Waals surface area contributed by atoms with Crippen LogP contribution < -0.4 is 14.8 Å². The van der Waals surface area contributed by atoms with Gasteiger partial charge in [0.15, 0.2) is 0 Å². The van der Waals surface area contributed by atoms with Crippen molar-refractivity contribution in [1.29, 1.82) is 0 Å². The summed E-state index contributed by atoms with van der Waals surface area (Å²) in [5, 5.41) is 0.